The molecule has 104 valence electrons. The Bertz CT molecular complexity index is 438. The van der Waals surface area contributed by atoms with Crippen molar-refractivity contribution in [1.29, 1.82) is 0 Å². The maximum Gasteiger partial charge on any atom is 0.255 e. The summed E-state index contributed by atoms with van der Waals surface area (Å²) in [5, 5.41) is 1.12. The fourth-order valence-electron chi connectivity index (χ4n) is 2.53. The van der Waals surface area contributed by atoms with Crippen molar-refractivity contribution in [1.82, 2.24) is 9.88 Å². The predicted octanol–water partition coefficient (Wildman–Crippen LogP) is 3.48. The molecule has 3 nitrogen and oxygen atoms in total. The molecule has 0 aromatic carbocycles. The molecular weight excluding hydrogens is 280 g/mol. The molecule has 2 atom stereocenters. The second kappa shape index (κ2) is 6.62. The first-order valence-electron chi connectivity index (χ1n) is 6.62. The molecule has 19 heavy (non-hydrogen) atoms. The highest BCUT2D eigenvalue weighted by Gasteiger charge is 2.30. The fourth-order valence-corrected chi connectivity index (χ4v) is 3.77. The zero-order valence-corrected chi connectivity index (χ0v) is 12.9. The Hall–Kier alpha value is -0.740. The monoisotopic (exact) mass is 298 g/mol. The van der Waals surface area contributed by atoms with Crippen LogP contribution >= 0.6 is 23.4 Å². The van der Waals surface area contributed by atoms with Gasteiger partial charge in [0.05, 0.1) is 5.56 Å². The minimum absolute atomic E-state index is 0.0383. The van der Waals surface area contributed by atoms with Crippen molar-refractivity contribution in [2.45, 2.75) is 37.5 Å². The van der Waals surface area contributed by atoms with Crippen LogP contribution in [0.3, 0.4) is 0 Å². The lowest BCUT2D eigenvalue weighted by Crippen LogP contribution is -2.35. The number of nitrogens with zero attached hydrogens (tertiary/aromatic N) is 2. The molecular formula is C14H19ClN2OS. The summed E-state index contributed by atoms with van der Waals surface area (Å²) >= 11 is 7.74. The van der Waals surface area contributed by atoms with Crippen LogP contribution in [0.5, 0.6) is 0 Å². The maximum atomic E-state index is 12.3. The Labute approximate surface area is 123 Å². The van der Waals surface area contributed by atoms with E-state index in [1.165, 1.54) is 6.42 Å². The van der Waals surface area contributed by atoms with Crippen molar-refractivity contribution in [2.24, 2.45) is 0 Å². The van der Waals surface area contributed by atoms with Crippen molar-refractivity contribution in [2.75, 3.05) is 12.8 Å². The van der Waals surface area contributed by atoms with E-state index >= 15 is 0 Å². The largest absolute Gasteiger partial charge is 0.339 e. The summed E-state index contributed by atoms with van der Waals surface area (Å²) in [7, 11) is 1.89. The molecule has 0 unspecified atom stereocenters. The molecule has 0 saturated heterocycles. The lowest BCUT2D eigenvalue weighted by molar-refractivity contribution is 0.0735. The van der Waals surface area contributed by atoms with Crippen LogP contribution in [-0.2, 0) is 0 Å². The third-order valence-corrected chi connectivity index (χ3v) is 5.06. The zero-order valence-electron chi connectivity index (χ0n) is 11.3. The molecule has 1 aromatic heterocycles. The SMILES string of the molecule is CCS[C@@H]1CC[C@H](N(C)C(=O)c2ccc(Cl)nc2)C1. The van der Waals surface area contributed by atoms with Gasteiger partial charge in [0.15, 0.2) is 0 Å². The van der Waals surface area contributed by atoms with Gasteiger partial charge in [0, 0.05) is 24.5 Å². The summed E-state index contributed by atoms with van der Waals surface area (Å²) in [5.74, 6) is 1.19. The number of hydrogen-bond donors (Lipinski definition) is 0. The van der Waals surface area contributed by atoms with Crippen LogP contribution in [0, 0.1) is 0 Å². The topological polar surface area (TPSA) is 33.2 Å². The van der Waals surface area contributed by atoms with Crippen LogP contribution in [0.15, 0.2) is 18.3 Å². The van der Waals surface area contributed by atoms with Gasteiger partial charge in [0.25, 0.3) is 5.91 Å². The first kappa shape index (κ1) is 14.7. The van der Waals surface area contributed by atoms with Crippen LogP contribution in [0.4, 0.5) is 0 Å². The Morgan fingerprint density at radius 1 is 1.53 bits per heavy atom. The second-order valence-electron chi connectivity index (χ2n) is 4.83. The Morgan fingerprint density at radius 2 is 2.32 bits per heavy atom. The van der Waals surface area contributed by atoms with E-state index in [9.17, 15) is 4.79 Å². The molecule has 0 N–H and O–H groups in total. The van der Waals surface area contributed by atoms with Crippen LogP contribution in [0.1, 0.15) is 36.5 Å². The Kier molecular flexibility index (Phi) is 5.11. The average molecular weight is 299 g/mol. The van der Waals surface area contributed by atoms with E-state index in [2.05, 4.69) is 11.9 Å². The van der Waals surface area contributed by atoms with Crippen molar-refractivity contribution in [3.8, 4) is 0 Å². The van der Waals surface area contributed by atoms with Crippen LogP contribution in [-0.4, -0.2) is 39.9 Å². The smallest absolute Gasteiger partial charge is 0.255 e. The summed E-state index contributed by atoms with van der Waals surface area (Å²) in [6.07, 6.45) is 4.96. The molecule has 1 saturated carbocycles. The van der Waals surface area contributed by atoms with E-state index in [4.69, 9.17) is 11.6 Å². The number of carbonyl (C=O) groups is 1. The molecule has 1 aliphatic rings. The normalized spacial score (nSPS) is 22.5. The second-order valence-corrected chi connectivity index (χ2v) is 6.79. The number of hydrogen-bond acceptors (Lipinski definition) is 3. The van der Waals surface area contributed by atoms with Gasteiger partial charge in [-0.3, -0.25) is 4.79 Å². The van der Waals surface area contributed by atoms with E-state index in [1.54, 1.807) is 18.3 Å². The number of pyridine rings is 1. The van der Waals surface area contributed by atoms with Gasteiger partial charge in [-0.25, -0.2) is 4.98 Å². The third kappa shape index (κ3) is 3.63. The van der Waals surface area contributed by atoms with Gasteiger partial charge in [-0.15, -0.1) is 0 Å². The number of aromatic nitrogens is 1. The van der Waals surface area contributed by atoms with Crippen molar-refractivity contribution in [3.63, 3.8) is 0 Å². The van der Waals surface area contributed by atoms with Gasteiger partial charge in [-0.05, 0) is 37.1 Å². The van der Waals surface area contributed by atoms with Crippen molar-refractivity contribution >= 4 is 29.3 Å². The van der Waals surface area contributed by atoms with E-state index in [0.29, 0.717) is 22.0 Å². The number of rotatable bonds is 4. The Morgan fingerprint density at radius 3 is 2.95 bits per heavy atom. The first-order valence-corrected chi connectivity index (χ1v) is 8.04. The molecule has 0 radical (unpaired) electrons. The van der Waals surface area contributed by atoms with Crippen LogP contribution in [0.2, 0.25) is 5.15 Å². The highest BCUT2D eigenvalue weighted by atomic mass is 35.5. The molecule has 0 aliphatic heterocycles. The molecule has 1 aromatic rings. The molecule has 1 aliphatic carbocycles. The van der Waals surface area contributed by atoms with Crippen molar-refractivity contribution < 1.29 is 4.79 Å². The average Bonchev–Trinajstić information content (AvgIpc) is 2.87. The Balaban J connectivity index is 1.98. The van der Waals surface area contributed by atoms with E-state index in [1.807, 2.05) is 23.7 Å². The predicted molar refractivity (Wildman–Crippen MR) is 80.9 cm³/mol. The van der Waals surface area contributed by atoms with Crippen LogP contribution in [0.25, 0.3) is 0 Å². The number of thioether (sulfide) groups is 1. The highest BCUT2D eigenvalue weighted by Crippen LogP contribution is 2.32. The molecule has 0 spiro atoms. The lowest BCUT2D eigenvalue weighted by atomic mass is 10.2. The summed E-state index contributed by atoms with van der Waals surface area (Å²) in [6.45, 7) is 2.19. The molecule has 1 amide bonds. The minimum atomic E-state index is 0.0383. The molecule has 2 rings (SSSR count). The highest BCUT2D eigenvalue weighted by molar-refractivity contribution is 7.99. The van der Waals surface area contributed by atoms with Gasteiger partial charge in [-0.1, -0.05) is 18.5 Å². The van der Waals surface area contributed by atoms with E-state index in [0.717, 1.165) is 18.6 Å². The van der Waals surface area contributed by atoms with E-state index < -0.39 is 0 Å². The zero-order chi connectivity index (χ0) is 13.8. The van der Waals surface area contributed by atoms with Gasteiger partial charge in [0.1, 0.15) is 5.15 Å². The quantitative estimate of drug-likeness (QED) is 0.798. The fraction of sp³-hybridized carbons (Fsp3) is 0.571. The van der Waals surface area contributed by atoms with Gasteiger partial charge in [-0.2, -0.15) is 11.8 Å². The summed E-state index contributed by atoms with van der Waals surface area (Å²) in [5.41, 5.74) is 0.610. The molecule has 0 bridgehead atoms. The molecule has 1 fully saturated rings. The van der Waals surface area contributed by atoms with Gasteiger partial charge in [0.2, 0.25) is 0 Å². The number of carbonyl (C=O) groups excluding carboxylic acids is 1. The standard InChI is InChI=1S/C14H19ClN2OS/c1-3-19-12-6-5-11(8-12)17(2)14(18)10-4-7-13(15)16-9-10/h4,7,9,11-12H,3,5-6,8H2,1-2H3/t11-,12+/m0/s1. The lowest BCUT2D eigenvalue weighted by Gasteiger charge is -2.24. The van der Waals surface area contributed by atoms with E-state index in [-0.39, 0.29) is 5.91 Å². The molecule has 5 heteroatoms. The summed E-state index contributed by atoms with van der Waals surface area (Å²) < 4.78 is 0. The first-order chi connectivity index (χ1) is 9.11. The van der Waals surface area contributed by atoms with Gasteiger partial charge >= 0.3 is 0 Å². The van der Waals surface area contributed by atoms with Crippen molar-refractivity contribution in [3.05, 3.63) is 29.0 Å². The summed E-state index contributed by atoms with van der Waals surface area (Å²) in [6, 6.07) is 3.75. The maximum absolute atomic E-state index is 12.3. The third-order valence-electron chi connectivity index (χ3n) is 3.60. The van der Waals surface area contributed by atoms with Gasteiger partial charge < -0.3 is 4.90 Å². The summed E-state index contributed by atoms with van der Waals surface area (Å²) in [4.78, 5) is 18.2. The number of halogens is 1. The van der Waals surface area contributed by atoms with Crippen LogP contribution < -0.4 is 0 Å². The minimum Gasteiger partial charge on any atom is -0.339 e. The number of amides is 1. The molecule has 1 heterocycles.